The molecule has 3 aromatic rings. The Kier molecular flexibility index (Phi) is 2.65. The standard InChI is InChI=1S/C10H10N6OS/c1-16-3-2-12-9(16)8-14-10(17-15-8)6-5-18-7(4-11)13-6/h2-3,5H,4,11H2,1H3. The van der Waals surface area contributed by atoms with Crippen molar-refractivity contribution in [3.8, 4) is 23.2 Å². The second kappa shape index (κ2) is 4.31. The van der Waals surface area contributed by atoms with Gasteiger partial charge >= 0.3 is 0 Å². The molecule has 7 nitrogen and oxygen atoms in total. The minimum atomic E-state index is 0.379. The van der Waals surface area contributed by atoms with Crippen molar-refractivity contribution >= 4 is 11.3 Å². The quantitative estimate of drug-likeness (QED) is 0.758. The Bertz CT molecular complexity index is 669. The minimum Gasteiger partial charge on any atom is -0.332 e. The van der Waals surface area contributed by atoms with E-state index in [-0.39, 0.29) is 0 Å². The number of imidazole rings is 1. The van der Waals surface area contributed by atoms with Gasteiger partial charge in [0.2, 0.25) is 5.82 Å². The summed E-state index contributed by atoms with van der Waals surface area (Å²) in [6.07, 6.45) is 3.50. The zero-order valence-corrected chi connectivity index (χ0v) is 10.4. The van der Waals surface area contributed by atoms with Crippen LogP contribution in [0.15, 0.2) is 22.3 Å². The van der Waals surface area contributed by atoms with Gasteiger partial charge in [-0.05, 0) is 0 Å². The van der Waals surface area contributed by atoms with E-state index in [0.29, 0.717) is 29.8 Å². The summed E-state index contributed by atoms with van der Waals surface area (Å²) in [5, 5.41) is 6.57. The summed E-state index contributed by atoms with van der Waals surface area (Å²) in [6.45, 7) is 0.408. The number of nitrogens with two attached hydrogens (primary N) is 1. The average Bonchev–Trinajstić information content (AvgIpc) is 3.07. The fourth-order valence-corrected chi connectivity index (χ4v) is 2.15. The Morgan fingerprint density at radius 3 is 3.00 bits per heavy atom. The van der Waals surface area contributed by atoms with Crippen LogP contribution in [0, 0.1) is 0 Å². The monoisotopic (exact) mass is 262 g/mol. The second-order valence-corrected chi connectivity index (χ2v) is 4.56. The molecule has 0 saturated heterocycles. The SMILES string of the molecule is Cn1ccnc1-c1noc(-c2csc(CN)n2)n1. The fraction of sp³-hybridized carbons (Fsp3) is 0.200. The second-order valence-electron chi connectivity index (χ2n) is 3.62. The van der Waals surface area contributed by atoms with E-state index in [4.69, 9.17) is 10.3 Å². The van der Waals surface area contributed by atoms with E-state index < -0.39 is 0 Å². The highest BCUT2D eigenvalue weighted by Gasteiger charge is 2.15. The Morgan fingerprint density at radius 2 is 2.33 bits per heavy atom. The highest BCUT2D eigenvalue weighted by molar-refractivity contribution is 7.09. The number of aromatic nitrogens is 5. The molecular formula is C10H10N6OS. The van der Waals surface area contributed by atoms with Gasteiger partial charge in [-0.1, -0.05) is 5.16 Å². The number of aryl methyl sites for hydroxylation is 1. The van der Waals surface area contributed by atoms with Gasteiger partial charge in [0.1, 0.15) is 10.7 Å². The number of rotatable bonds is 3. The molecule has 0 atom stereocenters. The fourth-order valence-electron chi connectivity index (χ4n) is 1.50. The lowest BCUT2D eigenvalue weighted by Gasteiger charge is -1.92. The summed E-state index contributed by atoms with van der Waals surface area (Å²) in [5.41, 5.74) is 6.16. The first kappa shape index (κ1) is 11.1. The lowest BCUT2D eigenvalue weighted by molar-refractivity contribution is 0.430. The molecule has 0 aromatic carbocycles. The molecule has 0 aliphatic heterocycles. The summed E-state index contributed by atoms with van der Waals surface area (Å²) in [6, 6.07) is 0. The number of hydrogen-bond donors (Lipinski definition) is 1. The lowest BCUT2D eigenvalue weighted by Crippen LogP contribution is -1.94. The first-order chi connectivity index (χ1) is 8.78. The molecule has 92 valence electrons. The van der Waals surface area contributed by atoms with Gasteiger partial charge in [0, 0.05) is 31.4 Å². The van der Waals surface area contributed by atoms with Crippen LogP contribution in [0.2, 0.25) is 0 Å². The van der Waals surface area contributed by atoms with Gasteiger partial charge in [0.25, 0.3) is 5.89 Å². The minimum absolute atomic E-state index is 0.379. The summed E-state index contributed by atoms with van der Waals surface area (Å²) < 4.78 is 7.00. The molecule has 3 aromatic heterocycles. The summed E-state index contributed by atoms with van der Waals surface area (Å²) in [5.74, 6) is 1.48. The van der Waals surface area contributed by atoms with Crippen LogP contribution >= 0.6 is 11.3 Å². The molecule has 2 N–H and O–H groups in total. The Balaban J connectivity index is 1.96. The van der Waals surface area contributed by atoms with Gasteiger partial charge in [-0.15, -0.1) is 11.3 Å². The van der Waals surface area contributed by atoms with Crippen LogP contribution in [-0.2, 0) is 13.6 Å². The molecule has 3 rings (SSSR count). The third-order valence-corrected chi connectivity index (χ3v) is 3.26. The third kappa shape index (κ3) is 1.81. The molecule has 0 saturated carbocycles. The van der Waals surface area contributed by atoms with Crippen LogP contribution in [0.3, 0.4) is 0 Å². The summed E-state index contributed by atoms with van der Waals surface area (Å²) >= 11 is 1.47. The van der Waals surface area contributed by atoms with Gasteiger partial charge in [-0.2, -0.15) is 4.98 Å². The molecule has 0 unspecified atom stereocenters. The molecule has 0 fully saturated rings. The van der Waals surface area contributed by atoms with E-state index in [1.54, 1.807) is 6.20 Å². The van der Waals surface area contributed by atoms with Crippen LogP contribution in [0.25, 0.3) is 23.2 Å². The van der Waals surface area contributed by atoms with Crippen molar-refractivity contribution in [1.29, 1.82) is 0 Å². The Labute approximate surface area is 106 Å². The molecule has 8 heteroatoms. The van der Waals surface area contributed by atoms with E-state index in [1.165, 1.54) is 11.3 Å². The van der Waals surface area contributed by atoms with Gasteiger partial charge in [-0.25, -0.2) is 9.97 Å². The third-order valence-electron chi connectivity index (χ3n) is 2.39. The predicted molar refractivity (Wildman–Crippen MR) is 65.5 cm³/mol. The van der Waals surface area contributed by atoms with E-state index in [9.17, 15) is 0 Å². The predicted octanol–water partition coefficient (Wildman–Crippen LogP) is 1.05. The summed E-state index contributed by atoms with van der Waals surface area (Å²) in [7, 11) is 1.87. The molecule has 0 aliphatic carbocycles. The molecule has 0 amide bonds. The molecule has 3 heterocycles. The summed E-state index contributed by atoms with van der Waals surface area (Å²) in [4.78, 5) is 12.7. The van der Waals surface area contributed by atoms with Crippen molar-refractivity contribution in [3.05, 3.63) is 22.8 Å². The highest BCUT2D eigenvalue weighted by Crippen LogP contribution is 2.22. The Morgan fingerprint density at radius 1 is 1.44 bits per heavy atom. The van der Waals surface area contributed by atoms with Crippen LogP contribution in [-0.4, -0.2) is 24.7 Å². The number of nitrogens with zero attached hydrogens (tertiary/aromatic N) is 5. The van der Waals surface area contributed by atoms with Crippen LogP contribution in [0.4, 0.5) is 0 Å². The van der Waals surface area contributed by atoms with Crippen LogP contribution < -0.4 is 5.73 Å². The first-order valence-corrected chi connectivity index (χ1v) is 6.12. The van der Waals surface area contributed by atoms with Crippen molar-refractivity contribution in [2.24, 2.45) is 12.8 Å². The zero-order valence-electron chi connectivity index (χ0n) is 9.57. The van der Waals surface area contributed by atoms with Crippen LogP contribution in [0.1, 0.15) is 5.01 Å². The normalized spacial score (nSPS) is 11.0. The van der Waals surface area contributed by atoms with E-state index in [2.05, 4.69) is 20.1 Å². The van der Waals surface area contributed by atoms with E-state index >= 15 is 0 Å². The highest BCUT2D eigenvalue weighted by atomic mass is 32.1. The molecule has 0 bridgehead atoms. The number of thiazole rings is 1. The van der Waals surface area contributed by atoms with E-state index in [1.807, 2.05) is 23.2 Å². The number of hydrogen-bond acceptors (Lipinski definition) is 7. The van der Waals surface area contributed by atoms with Crippen LogP contribution in [0.5, 0.6) is 0 Å². The van der Waals surface area contributed by atoms with Crippen molar-refractivity contribution in [2.45, 2.75) is 6.54 Å². The zero-order chi connectivity index (χ0) is 12.5. The van der Waals surface area contributed by atoms with Gasteiger partial charge in [0.15, 0.2) is 5.82 Å². The topological polar surface area (TPSA) is 95.7 Å². The molecule has 0 aliphatic rings. The molecule has 18 heavy (non-hydrogen) atoms. The maximum atomic E-state index is 5.51. The van der Waals surface area contributed by atoms with Gasteiger partial charge in [-0.3, -0.25) is 0 Å². The smallest absolute Gasteiger partial charge is 0.277 e. The van der Waals surface area contributed by atoms with Crippen molar-refractivity contribution in [3.63, 3.8) is 0 Å². The molecular weight excluding hydrogens is 252 g/mol. The van der Waals surface area contributed by atoms with Crippen molar-refractivity contribution < 1.29 is 4.52 Å². The maximum Gasteiger partial charge on any atom is 0.277 e. The first-order valence-electron chi connectivity index (χ1n) is 5.24. The van der Waals surface area contributed by atoms with E-state index in [0.717, 1.165) is 5.01 Å². The van der Waals surface area contributed by atoms with Gasteiger partial charge < -0.3 is 14.8 Å². The maximum absolute atomic E-state index is 5.51. The molecule has 0 radical (unpaired) electrons. The average molecular weight is 262 g/mol. The Hall–Kier alpha value is -2.06. The largest absolute Gasteiger partial charge is 0.332 e. The van der Waals surface area contributed by atoms with Crippen molar-refractivity contribution in [1.82, 2.24) is 24.7 Å². The lowest BCUT2D eigenvalue weighted by atomic mass is 10.5. The van der Waals surface area contributed by atoms with Gasteiger partial charge in [0.05, 0.1) is 0 Å². The van der Waals surface area contributed by atoms with Crippen molar-refractivity contribution in [2.75, 3.05) is 0 Å². The molecule has 0 spiro atoms.